The van der Waals surface area contributed by atoms with Crippen molar-refractivity contribution >= 4 is 44.8 Å². The normalized spacial score (nSPS) is 10.3. The molecule has 1 aromatic heterocycles. The summed E-state index contributed by atoms with van der Waals surface area (Å²) in [6.07, 6.45) is 1.17. The highest BCUT2D eigenvalue weighted by atomic mass is 79.9. The van der Waals surface area contributed by atoms with Gasteiger partial charge in [-0.1, -0.05) is 15.9 Å². The van der Waals surface area contributed by atoms with Crippen LogP contribution in [0.15, 0.2) is 53.3 Å². The third-order valence-electron chi connectivity index (χ3n) is 3.47. The second-order valence-corrected chi connectivity index (χ2v) is 6.24. The minimum atomic E-state index is -0.800. The zero-order valence-corrected chi connectivity index (χ0v) is 15.2. The van der Waals surface area contributed by atoms with Crippen LogP contribution in [0.25, 0.3) is 0 Å². The molecule has 0 radical (unpaired) electrons. The molecular formula is C17H13BrF2N6O. The van der Waals surface area contributed by atoms with Gasteiger partial charge in [0.25, 0.3) is 5.91 Å². The molecule has 5 N–H and O–H groups in total. The van der Waals surface area contributed by atoms with Crippen molar-refractivity contribution in [2.75, 3.05) is 16.5 Å². The third-order valence-corrected chi connectivity index (χ3v) is 4.00. The summed E-state index contributed by atoms with van der Waals surface area (Å²) in [6, 6.07) is 9.77. The first kappa shape index (κ1) is 18.5. The van der Waals surface area contributed by atoms with Gasteiger partial charge in [-0.15, -0.1) is 0 Å². The lowest BCUT2D eigenvalue weighted by Gasteiger charge is -2.13. The number of hydrogen-bond acceptors (Lipinski definition) is 6. The fourth-order valence-electron chi connectivity index (χ4n) is 2.10. The Kier molecular flexibility index (Phi) is 5.46. The highest BCUT2D eigenvalue weighted by Gasteiger charge is 2.12. The van der Waals surface area contributed by atoms with E-state index in [9.17, 15) is 13.6 Å². The number of carbonyl (C=O) groups is 1. The van der Waals surface area contributed by atoms with Crippen molar-refractivity contribution in [1.82, 2.24) is 15.4 Å². The van der Waals surface area contributed by atoms with Gasteiger partial charge in [-0.2, -0.15) is 0 Å². The van der Waals surface area contributed by atoms with Crippen LogP contribution in [-0.4, -0.2) is 15.9 Å². The number of nitrogen functional groups attached to an aromatic ring is 1. The molecule has 0 aliphatic carbocycles. The number of hydrogen-bond donors (Lipinski definition) is 4. The predicted octanol–water partition coefficient (Wildman–Crippen LogP) is 3.60. The Labute approximate surface area is 161 Å². The van der Waals surface area contributed by atoms with Crippen molar-refractivity contribution in [1.29, 1.82) is 0 Å². The summed E-state index contributed by atoms with van der Waals surface area (Å²) in [5, 5.41) is 2.66. The molecule has 0 bridgehead atoms. The van der Waals surface area contributed by atoms with Crippen molar-refractivity contribution in [3.8, 4) is 0 Å². The third kappa shape index (κ3) is 4.47. The van der Waals surface area contributed by atoms with Crippen molar-refractivity contribution in [3.63, 3.8) is 0 Å². The highest BCUT2D eigenvalue weighted by molar-refractivity contribution is 9.10. The Hall–Kier alpha value is -3.27. The minimum Gasteiger partial charge on any atom is -0.393 e. The topological polar surface area (TPSA) is 105 Å². The summed E-state index contributed by atoms with van der Waals surface area (Å²) in [5.41, 5.74) is 11.5. The van der Waals surface area contributed by atoms with E-state index in [0.29, 0.717) is 5.56 Å². The molecule has 0 atom stereocenters. The number of nitrogens with two attached hydrogens (primary N) is 1. The second-order valence-electron chi connectivity index (χ2n) is 5.32. The molecule has 1 heterocycles. The summed E-state index contributed by atoms with van der Waals surface area (Å²) >= 11 is 3.29. The number of halogens is 3. The molecular weight excluding hydrogens is 422 g/mol. The largest absolute Gasteiger partial charge is 0.393 e. The summed E-state index contributed by atoms with van der Waals surface area (Å²) in [5.74, 6) is -1.70. The zero-order valence-electron chi connectivity index (χ0n) is 13.6. The van der Waals surface area contributed by atoms with E-state index in [1.54, 1.807) is 24.3 Å². The number of hydrazine groups is 1. The lowest BCUT2D eigenvalue weighted by molar-refractivity contribution is 0.0962. The fraction of sp³-hybridized carbons (Fsp3) is 0. The summed E-state index contributed by atoms with van der Waals surface area (Å²) in [4.78, 5) is 20.0. The van der Waals surface area contributed by atoms with Crippen LogP contribution >= 0.6 is 15.9 Å². The van der Waals surface area contributed by atoms with Gasteiger partial charge in [0.05, 0.1) is 5.69 Å². The van der Waals surface area contributed by atoms with Gasteiger partial charge < -0.3 is 11.1 Å². The van der Waals surface area contributed by atoms with Gasteiger partial charge in [-0.25, -0.2) is 18.7 Å². The maximum absolute atomic E-state index is 13.8. The van der Waals surface area contributed by atoms with Crippen LogP contribution in [0.2, 0.25) is 0 Å². The van der Waals surface area contributed by atoms with E-state index in [4.69, 9.17) is 5.73 Å². The van der Waals surface area contributed by atoms with Crippen LogP contribution in [0.4, 0.5) is 31.8 Å². The number of amides is 1. The maximum Gasteiger partial charge on any atom is 0.269 e. The molecule has 0 saturated carbocycles. The average Bonchev–Trinajstić information content (AvgIpc) is 2.65. The van der Waals surface area contributed by atoms with Crippen LogP contribution in [-0.2, 0) is 0 Å². The van der Waals surface area contributed by atoms with Crippen molar-refractivity contribution in [2.45, 2.75) is 0 Å². The molecule has 3 aromatic rings. The molecule has 0 fully saturated rings. The van der Waals surface area contributed by atoms with E-state index in [-0.39, 0.29) is 23.0 Å². The molecule has 0 saturated heterocycles. The number of aromatic nitrogens is 2. The number of nitrogens with one attached hydrogen (secondary N) is 3. The number of rotatable bonds is 5. The van der Waals surface area contributed by atoms with Gasteiger partial charge in [0.15, 0.2) is 11.6 Å². The van der Waals surface area contributed by atoms with Crippen molar-refractivity contribution in [2.24, 2.45) is 0 Å². The first-order chi connectivity index (χ1) is 12.9. The molecule has 1 amide bonds. The summed E-state index contributed by atoms with van der Waals surface area (Å²) in [7, 11) is 0. The van der Waals surface area contributed by atoms with Crippen LogP contribution in [0, 0.1) is 11.6 Å². The van der Waals surface area contributed by atoms with Crippen LogP contribution < -0.4 is 21.9 Å². The zero-order chi connectivity index (χ0) is 19.4. The Morgan fingerprint density at radius 3 is 2.44 bits per heavy atom. The minimum absolute atomic E-state index is 0.00773. The van der Waals surface area contributed by atoms with E-state index >= 15 is 0 Å². The first-order valence-corrected chi connectivity index (χ1v) is 8.38. The van der Waals surface area contributed by atoms with Crippen molar-refractivity contribution in [3.05, 3.63) is 70.5 Å². The maximum atomic E-state index is 13.8. The number of nitrogens with zero attached hydrogens (tertiary/aromatic N) is 2. The van der Waals surface area contributed by atoms with Gasteiger partial charge in [-0.3, -0.25) is 15.6 Å². The smallest absolute Gasteiger partial charge is 0.269 e. The molecule has 0 unspecified atom stereocenters. The van der Waals surface area contributed by atoms with Gasteiger partial charge in [-0.05, 0) is 36.4 Å². The standard InChI is InChI=1S/C17H13BrF2N6O/c18-10-3-1-9(2-4-10)17(27)26-25-16-14(21)15(22-8-23-16)24-13-6-5-11(19)7-12(13)20/h1-8H,21H2,(H,26,27)(H2,22,23,24,25). The number of carbonyl (C=O) groups excluding carboxylic acids is 1. The van der Waals surface area contributed by atoms with E-state index in [1.165, 1.54) is 12.4 Å². The van der Waals surface area contributed by atoms with Gasteiger partial charge in [0.1, 0.15) is 23.6 Å². The Bertz CT molecular complexity index is 984. The Balaban J connectivity index is 1.72. The van der Waals surface area contributed by atoms with E-state index in [1.807, 2.05) is 0 Å². The van der Waals surface area contributed by atoms with Crippen LogP contribution in [0.1, 0.15) is 10.4 Å². The van der Waals surface area contributed by atoms with Gasteiger partial charge in [0.2, 0.25) is 0 Å². The predicted molar refractivity (Wildman–Crippen MR) is 101 cm³/mol. The van der Waals surface area contributed by atoms with Gasteiger partial charge >= 0.3 is 0 Å². The second kappa shape index (κ2) is 7.96. The van der Waals surface area contributed by atoms with E-state index in [2.05, 4.69) is 42.1 Å². The number of anilines is 4. The number of benzene rings is 2. The van der Waals surface area contributed by atoms with Crippen molar-refractivity contribution < 1.29 is 13.6 Å². The molecule has 138 valence electrons. The summed E-state index contributed by atoms with van der Waals surface area (Å²) in [6.45, 7) is 0. The lowest BCUT2D eigenvalue weighted by atomic mass is 10.2. The molecule has 2 aromatic carbocycles. The highest BCUT2D eigenvalue weighted by Crippen LogP contribution is 2.26. The molecule has 10 heteroatoms. The van der Waals surface area contributed by atoms with E-state index < -0.39 is 17.5 Å². The Morgan fingerprint density at radius 2 is 1.74 bits per heavy atom. The molecule has 7 nitrogen and oxygen atoms in total. The molecule has 27 heavy (non-hydrogen) atoms. The molecule has 0 spiro atoms. The van der Waals surface area contributed by atoms with E-state index in [0.717, 1.165) is 16.6 Å². The Morgan fingerprint density at radius 1 is 1.04 bits per heavy atom. The lowest BCUT2D eigenvalue weighted by Crippen LogP contribution is -2.30. The average molecular weight is 435 g/mol. The van der Waals surface area contributed by atoms with Crippen LogP contribution in [0.3, 0.4) is 0 Å². The van der Waals surface area contributed by atoms with Gasteiger partial charge in [0, 0.05) is 16.1 Å². The quantitative estimate of drug-likeness (QED) is 0.457. The van der Waals surface area contributed by atoms with Crippen LogP contribution in [0.5, 0.6) is 0 Å². The fourth-order valence-corrected chi connectivity index (χ4v) is 2.37. The molecule has 0 aliphatic rings. The SMILES string of the molecule is Nc1c(NNC(=O)c2ccc(Br)cc2)ncnc1Nc1ccc(F)cc1F. The summed E-state index contributed by atoms with van der Waals surface area (Å²) < 4.78 is 27.6. The molecule has 0 aliphatic heterocycles. The first-order valence-electron chi connectivity index (χ1n) is 7.58. The molecule has 3 rings (SSSR count). The monoisotopic (exact) mass is 434 g/mol.